The lowest BCUT2D eigenvalue weighted by atomic mass is 10.0. The Hall–Kier alpha value is -3.47. The van der Waals surface area contributed by atoms with Crippen molar-refractivity contribution in [2.45, 2.75) is 32.6 Å². The van der Waals surface area contributed by atoms with Gasteiger partial charge in [-0.3, -0.25) is 4.72 Å². The molecule has 0 amide bonds. The number of sulfone groups is 1. The van der Waals surface area contributed by atoms with E-state index in [0.29, 0.717) is 36.3 Å². The van der Waals surface area contributed by atoms with Gasteiger partial charge in [-0.05, 0) is 72.9 Å². The number of carbonyl (C=O) groups is 1. The van der Waals surface area contributed by atoms with Crippen LogP contribution in [-0.2, 0) is 32.7 Å². The predicted molar refractivity (Wildman–Crippen MR) is 139 cm³/mol. The first-order valence-corrected chi connectivity index (χ1v) is 14.8. The van der Waals surface area contributed by atoms with E-state index in [0.717, 1.165) is 11.1 Å². The molecule has 0 radical (unpaired) electrons. The molecule has 1 aromatic heterocycles. The van der Waals surface area contributed by atoms with Gasteiger partial charge < -0.3 is 5.11 Å². The van der Waals surface area contributed by atoms with Crippen LogP contribution in [0.25, 0.3) is 0 Å². The van der Waals surface area contributed by atoms with Crippen LogP contribution in [0.5, 0.6) is 0 Å². The van der Waals surface area contributed by atoms with Crippen LogP contribution in [0.1, 0.15) is 27.9 Å². The van der Waals surface area contributed by atoms with Gasteiger partial charge in [0.1, 0.15) is 8.42 Å². The molecule has 4 rings (SSSR count). The van der Waals surface area contributed by atoms with Crippen LogP contribution in [0.2, 0.25) is 0 Å². The number of rotatable bonds is 10. The summed E-state index contributed by atoms with van der Waals surface area (Å²) in [7, 11) is -7.83. The molecular formula is C26H23NO6S3. The van der Waals surface area contributed by atoms with E-state index in [4.69, 9.17) is 5.11 Å². The molecule has 10 heteroatoms. The summed E-state index contributed by atoms with van der Waals surface area (Å²) in [6, 6.07) is 24.2. The maximum atomic E-state index is 13.1. The lowest BCUT2D eigenvalue weighted by Crippen LogP contribution is -2.13. The fraction of sp³-hybridized carbons (Fsp3) is 0.115. The third-order valence-electron chi connectivity index (χ3n) is 5.49. The highest BCUT2D eigenvalue weighted by molar-refractivity contribution is 7.96. The molecule has 0 unspecified atom stereocenters. The van der Waals surface area contributed by atoms with Gasteiger partial charge in [0.05, 0.1) is 16.1 Å². The van der Waals surface area contributed by atoms with Crippen LogP contribution in [-0.4, -0.2) is 27.9 Å². The molecule has 0 aliphatic rings. The third kappa shape index (κ3) is 5.84. The second kappa shape index (κ2) is 10.7. The smallest absolute Gasteiger partial charge is 0.335 e. The molecule has 1 heterocycles. The summed E-state index contributed by atoms with van der Waals surface area (Å²) in [5.41, 5.74) is 2.31. The van der Waals surface area contributed by atoms with E-state index in [9.17, 15) is 21.6 Å². The van der Waals surface area contributed by atoms with Gasteiger partial charge >= 0.3 is 5.97 Å². The van der Waals surface area contributed by atoms with E-state index in [1.165, 1.54) is 30.3 Å². The third-order valence-corrected chi connectivity index (χ3v) is 10.7. The molecule has 0 bridgehead atoms. The Morgan fingerprint density at radius 1 is 0.778 bits per heavy atom. The van der Waals surface area contributed by atoms with E-state index >= 15 is 0 Å². The maximum Gasteiger partial charge on any atom is 0.335 e. The van der Waals surface area contributed by atoms with E-state index < -0.39 is 25.8 Å². The summed E-state index contributed by atoms with van der Waals surface area (Å²) >= 11 is 0.699. The van der Waals surface area contributed by atoms with Crippen LogP contribution in [0.15, 0.2) is 104 Å². The van der Waals surface area contributed by atoms with E-state index in [1.54, 1.807) is 42.5 Å². The molecule has 186 valence electrons. The zero-order chi connectivity index (χ0) is 25.8. The van der Waals surface area contributed by atoms with Crippen molar-refractivity contribution < 1.29 is 26.7 Å². The van der Waals surface area contributed by atoms with Gasteiger partial charge in [0.25, 0.3) is 10.0 Å². The Morgan fingerprint density at radius 2 is 1.47 bits per heavy atom. The van der Waals surface area contributed by atoms with Crippen molar-refractivity contribution in [1.82, 2.24) is 0 Å². The summed E-state index contributed by atoms with van der Waals surface area (Å²) < 4.78 is 54.3. The average Bonchev–Trinajstić information content (AvgIpc) is 3.38. The van der Waals surface area contributed by atoms with Crippen LogP contribution in [0, 0.1) is 0 Å². The Morgan fingerprint density at radius 3 is 2.22 bits per heavy atom. The molecular weight excluding hydrogens is 518 g/mol. The molecule has 0 aliphatic carbocycles. The zero-order valence-electron chi connectivity index (χ0n) is 19.0. The number of benzene rings is 3. The minimum absolute atomic E-state index is 0.0500. The number of sulfonamides is 1. The van der Waals surface area contributed by atoms with Crippen molar-refractivity contribution in [3.63, 3.8) is 0 Å². The van der Waals surface area contributed by atoms with Gasteiger partial charge in [-0.2, -0.15) is 0 Å². The normalized spacial score (nSPS) is 11.8. The number of hydrogen-bond acceptors (Lipinski definition) is 6. The Balaban J connectivity index is 1.48. The quantitative estimate of drug-likeness (QED) is 0.283. The van der Waals surface area contributed by atoms with Gasteiger partial charge in [-0.25, -0.2) is 21.6 Å². The Labute approximate surface area is 214 Å². The van der Waals surface area contributed by atoms with E-state index in [2.05, 4.69) is 4.72 Å². The fourth-order valence-electron chi connectivity index (χ4n) is 3.68. The van der Waals surface area contributed by atoms with Crippen molar-refractivity contribution in [1.29, 1.82) is 0 Å². The van der Waals surface area contributed by atoms with Crippen LogP contribution in [0.4, 0.5) is 5.69 Å². The summed E-state index contributed by atoms with van der Waals surface area (Å²) in [4.78, 5) is 11.3. The number of carboxylic acid groups (broad SMARTS) is 1. The van der Waals surface area contributed by atoms with Crippen LogP contribution < -0.4 is 4.72 Å². The van der Waals surface area contributed by atoms with E-state index in [-0.39, 0.29) is 18.9 Å². The first-order valence-electron chi connectivity index (χ1n) is 11.0. The molecule has 2 N–H and O–H groups in total. The average molecular weight is 542 g/mol. The van der Waals surface area contributed by atoms with Gasteiger partial charge in [0.15, 0.2) is 0 Å². The maximum absolute atomic E-state index is 13.1. The van der Waals surface area contributed by atoms with Crippen molar-refractivity contribution in [3.05, 3.63) is 108 Å². The second-order valence-electron chi connectivity index (χ2n) is 8.01. The highest BCUT2D eigenvalue weighted by Crippen LogP contribution is 2.31. The number of aromatic carboxylic acids is 1. The first-order chi connectivity index (χ1) is 17.2. The molecule has 3 aromatic carbocycles. The monoisotopic (exact) mass is 541 g/mol. The first kappa shape index (κ1) is 25.6. The van der Waals surface area contributed by atoms with Gasteiger partial charge in [-0.15, -0.1) is 11.3 Å². The van der Waals surface area contributed by atoms with Gasteiger partial charge in [0.2, 0.25) is 9.84 Å². The molecule has 0 saturated carbocycles. The standard InChI is InChI=1S/C26H23NO6S3/c28-26(29)21-12-7-9-19(18-21)8-6-11-20-10-4-5-15-23(20)27-36(32,33)25-17-16-24(34-25)35(30,31)22-13-2-1-3-14-22/h1-5,7,9-10,12-18,27H,6,8,11H2,(H,28,29). The molecule has 0 saturated heterocycles. The van der Waals surface area contributed by atoms with Crippen molar-refractivity contribution in [2.75, 3.05) is 4.72 Å². The number of hydrogen-bond donors (Lipinski definition) is 2. The molecule has 0 fully saturated rings. The lowest BCUT2D eigenvalue weighted by Gasteiger charge is -2.12. The largest absolute Gasteiger partial charge is 0.478 e. The van der Waals surface area contributed by atoms with Crippen molar-refractivity contribution >= 4 is 42.9 Å². The molecule has 36 heavy (non-hydrogen) atoms. The Bertz CT molecular complexity index is 1590. The fourth-order valence-corrected chi connectivity index (χ4v) is 7.97. The van der Waals surface area contributed by atoms with Crippen LogP contribution in [0.3, 0.4) is 0 Å². The molecule has 0 aliphatic heterocycles. The summed E-state index contributed by atoms with van der Waals surface area (Å²) in [6.07, 6.45) is 1.88. The molecule has 0 atom stereocenters. The summed E-state index contributed by atoms with van der Waals surface area (Å²) in [5.74, 6) is -0.982. The second-order valence-corrected chi connectivity index (χ2v) is 13.2. The SMILES string of the molecule is O=C(O)c1cccc(CCCc2ccccc2NS(=O)(=O)c2ccc(S(=O)(=O)c3ccccc3)s2)c1. The van der Waals surface area contributed by atoms with E-state index in [1.807, 2.05) is 18.2 Å². The zero-order valence-corrected chi connectivity index (χ0v) is 21.4. The number of nitrogens with one attached hydrogen (secondary N) is 1. The number of anilines is 1. The lowest BCUT2D eigenvalue weighted by molar-refractivity contribution is 0.0696. The highest BCUT2D eigenvalue weighted by Gasteiger charge is 2.24. The number of carboxylic acids is 1. The highest BCUT2D eigenvalue weighted by atomic mass is 32.3. The number of para-hydroxylation sites is 1. The number of thiophene rings is 1. The predicted octanol–water partition coefficient (Wildman–Crippen LogP) is 5.26. The Kier molecular flexibility index (Phi) is 7.58. The van der Waals surface area contributed by atoms with Crippen LogP contribution >= 0.6 is 11.3 Å². The topological polar surface area (TPSA) is 118 Å². The minimum Gasteiger partial charge on any atom is -0.478 e. The van der Waals surface area contributed by atoms with Gasteiger partial charge in [-0.1, -0.05) is 48.5 Å². The summed E-state index contributed by atoms with van der Waals surface area (Å²) in [5, 5.41) is 9.16. The van der Waals surface area contributed by atoms with Gasteiger partial charge in [0, 0.05) is 0 Å². The van der Waals surface area contributed by atoms with Crippen molar-refractivity contribution in [3.8, 4) is 0 Å². The molecule has 0 spiro atoms. The molecule has 7 nitrogen and oxygen atoms in total. The molecule has 4 aromatic rings. The van der Waals surface area contributed by atoms with Crippen molar-refractivity contribution in [2.24, 2.45) is 0 Å². The minimum atomic E-state index is -4.01. The summed E-state index contributed by atoms with van der Waals surface area (Å²) in [6.45, 7) is 0. The number of aryl methyl sites for hydroxylation is 2.